The second-order valence-electron chi connectivity index (χ2n) is 15.5. The number of methoxy groups -OCH3 is 3. The van der Waals surface area contributed by atoms with Crippen molar-refractivity contribution in [3.8, 4) is 0 Å². The molecule has 0 bridgehead atoms. The van der Waals surface area contributed by atoms with E-state index in [1.54, 1.807) is 37.8 Å². The number of carbonyl (C=O) groups is 4. The van der Waals surface area contributed by atoms with Gasteiger partial charge in [-0.25, -0.2) is 4.39 Å². The molecule has 1 aromatic rings. The van der Waals surface area contributed by atoms with E-state index in [4.69, 9.17) is 19.6 Å². The molecule has 0 saturated carbocycles. The fraction of sp³-hybridized carbons (Fsp3) is 0.725. The number of likely N-dealkylation sites (tertiary alicyclic amines) is 1. The molecular formula is C40H67FN6O7. The highest BCUT2D eigenvalue weighted by Gasteiger charge is 2.45. The van der Waals surface area contributed by atoms with Crippen LogP contribution < -0.4 is 10.6 Å². The standard InChI is InChI=1S/C40H67FN6O7/c1-14-15-31(46(10)40(51)35(23(2)3)44-39(50)36(24(4)5)45(8)9)33(53-12)20-34(48)47-22-28(52-11)19-32(47)37(54-13)26(7)38(49)43-21-30(42)29-17-16-27(41)18-25(29)6/h16-18,23-24,26,28,31-33,35-37,42H,14-15,19-22H2,1-13H3,(H,43,49)(H,44,50)/t26-,28-,31+,32?,33-,35+,36+,37-/m1/s1. The molecule has 8 atom stereocenters. The van der Waals surface area contributed by atoms with E-state index in [1.165, 1.54) is 32.4 Å². The van der Waals surface area contributed by atoms with Gasteiger partial charge in [-0.2, -0.15) is 0 Å². The fourth-order valence-electron chi connectivity index (χ4n) is 7.70. The van der Waals surface area contributed by atoms with Crippen LogP contribution in [0.5, 0.6) is 0 Å². The van der Waals surface area contributed by atoms with Crippen molar-refractivity contribution in [2.45, 2.75) is 117 Å². The number of hydrogen-bond acceptors (Lipinski definition) is 9. The van der Waals surface area contributed by atoms with Crippen LogP contribution in [-0.4, -0.2) is 142 Å². The smallest absolute Gasteiger partial charge is 0.245 e. The summed E-state index contributed by atoms with van der Waals surface area (Å²) in [4.78, 5) is 60.3. The van der Waals surface area contributed by atoms with Gasteiger partial charge in [-0.15, -0.1) is 0 Å². The summed E-state index contributed by atoms with van der Waals surface area (Å²) in [7, 11) is 10.00. The van der Waals surface area contributed by atoms with Crippen molar-refractivity contribution < 1.29 is 37.8 Å². The van der Waals surface area contributed by atoms with Crippen molar-refractivity contribution in [2.24, 2.45) is 17.8 Å². The number of amides is 4. The van der Waals surface area contributed by atoms with Crippen LogP contribution in [0.3, 0.4) is 0 Å². The Morgan fingerprint density at radius 1 is 1.00 bits per heavy atom. The number of aryl methyl sites for hydroxylation is 1. The first-order chi connectivity index (χ1) is 25.3. The molecule has 54 heavy (non-hydrogen) atoms. The van der Waals surface area contributed by atoms with E-state index < -0.39 is 48.1 Å². The van der Waals surface area contributed by atoms with Gasteiger partial charge in [-0.3, -0.25) is 24.1 Å². The van der Waals surface area contributed by atoms with E-state index in [2.05, 4.69) is 10.6 Å². The second kappa shape index (κ2) is 21.6. The molecule has 1 aliphatic rings. The summed E-state index contributed by atoms with van der Waals surface area (Å²) >= 11 is 0. The van der Waals surface area contributed by atoms with Gasteiger partial charge >= 0.3 is 0 Å². The maximum atomic E-state index is 14.2. The van der Waals surface area contributed by atoms with E-state index in [-0.39, 0.29) is 66.8 Å². The lowest BCUT2D eigenvalue weighted by Gasteiger charge is -2.38. The molecule has 0 radical (unpaired) electrons. The number of carbonyl (C=O) groups excluding carboxylic acids is 4. The van der Waals surface area contributed by atoms with Crippen molar-refractivity contribution >= 4 is 29.3 Å². The largest absolute Gasteiger partial charge is 0.380 e. The zero-order chi connectivity index (χ0) is 41.0. The number of benzene rings is 1. The third kappa shape index (κ3) is 12.0. The van der Waals surface area contributed by atoms with Crippen LogP contribution in [0.25, 0.3) is 0 Å². The Bertz CT molecular complexity index is 1420. The Balaban J connectivity index is 2.27. The van der Waals surface area contributed by atoms with Gasteiger partial charge in [-0.05, 0) is 69.5 Å². The summed E-state index contributed by atoms with van der Waals surface area (Å²) in [6, 6.07) is 2.00. The minimum atomic E-state index is -0.778. The number of nitrogens with zero attached hydrogens (tertiary/aromatic N) is 3. The van der Waals surface area contributed by atoms with Gasteiger partial charge in [0.2, 0.25) is 23.6 Å². The fourth-order valence-corrected chi connectivity index (χ4v) is 7.70. The van der Waals surface area contributed by atoms with E-state index in [9.17, 15) is 23.6 Å². The van der Waals surface area contributed by atoms with Gasteiger partial charge in [0.05, 0.1) is 61.0 Å². The van der Waals surface area contributed by atoms with E-state index in [0.717, 1.165) is 6.42 Å². The van der Waals surface area contributed by atoms with Gasteiger partial charge in [0, 0.05) is 40.5 Å². The van der Waals surface area contributed by atoms with Crippen molar-refractivity contribution in [3.63, 3.8) is 0 Å². The number of halogens is 1. The first-order valence-corrected chi connectivity index (χ1v) is 19.1. The maximum absolute atomic E-state index is 14.2. The second-order valence-corrected chi connectivity index (χ2v) is 15.5. The third-order valence-corrected chi connectivity index (χ3v) is 10.7. The molecule has 1 saturated heterocycles. The van der Waals surface area contributed by atoms with Crippen LogP contribution in [0.15, 0.2) is 18.2 Å². The minimum Gasteiger partial charge on any atom is -0.380 e. The zero-order valence-electron chi connectivity index (χ0n) is 34.8. The average Bonchev–Trinajstić information content (AvgIpc) is 3.54. The highest BCUT2D eigenvalue weighted by Crippen LogP contribution is 2.30. The number of ether oxygens (including phenoxy) is 3. The summed E-state index contributed by atoms with van der Waals surface area (Å²) in [6.07, 6.45) is 0.0476. The molecule has 0 aliphatic carbocycles. The Labute approximate surface area is 322 Å². The molecule has 13 nitrogen and oxygen atoms in total. The van der Waals surface area contributed by atoms with E-state index in [0.29, 0.717) is 24.0 Å². The molecule has 3 N–H and O–H groups in total. The van der Waals surface area contributed by atoms with E-state index in [1.807, 2.05) is 53.6 Å². The van der Waals surface area contributed by atoms with Crippen LogP contribution in [-0.2, 0) is 33.4 Å². The molecule has 1 aliphatic heterocycles. The Hall–Kier alpha value is -3.46. The highest BCUT2D eigenvalue weighted by atomic mass is 19.1. The first kappa shape index (κ1) is 46.7. The monoisotopic (exact) mass is 763 g/mol. The van der Waals surface area contributed by atoms with Crippen LogP contribution in [0.2, 0.25) is 0 Å². The zero-order valence-corrected chi connectivity index (χ0v) is 34.8. The predicted molar refractivity (Wildman–Crippen MR) is 208 cm³/mol. The highest BCUT2D eigenvalue weighted by molar-refractivity contribution is 6.02. The van der Waals surface area contributed by atoms with Crippen LogP contribution >= 0.6 is 0 Å². The average molecular weight is 763 g/mol. The summed E-state index contributed by atoms with van der Waals surface area (Å²) in [5.41, 5.74) is 1.28. The third-order valence-electron chi connectivity index (χ3n) is 10.7. The normalized spacial score (nSPS) is 19.3. The van der Waals surface area contributed by atoms with Crippen LogP contribution in [0.1, 0.15) is 78.4 Å². The summed E-state index contributed by atoms with van der Waals surface area (Å²) in [6.45, 7) is 13.4. The van der Waals surface area contributed by atoms with Crippen molar-refractivity contribution in [1.29, 1.82) is 5.41 Å². The SMILES string of the molecule is CCC[C@@H]([C@@H](CC(=O)N1C[C@H](OC)CC1[C@H](OC)[C@@H](C)C(=O)NCC(=N)c1ccc(F)cc1C)OC)N(C)C(=O)[C@@H](NC(=O)[C@H](C(C)C)N(C)C)C(C)C. The molecule has 2 rings (SSSR count). The molecule has 4 amide bonds. The predicted octanol–water partition coefficient (Wildman–Crippen LogP) is 3.64. The summed E-state index contributed by atoms with van der Waals surface area (Å²) in [5.74, 6) is -2.30. The van der Waals surface area contributed by atoms with Crippen molar-refractivity contribution in [2.75, 3.05) is 55.6 Å². The number of rotatable bonds is 21. The van der Waals surface area contributed by atoms with Gasteiger partial charge in [0.25, 0.3) is 0 Å². The van der Waals surface area contributed by atoms with E-state index >= 15 is 0 Å². The molecule has 306 valence electrons. The lowest BCUT2D eigenvalue weighted by molar-refractivity contribution is -0.146. The summed E-state index contributed by atoms with van der Waals surface area (Å²) in [5, 5.41) is 14.3. The minimum absolute atomic E-state index is 0.0336. The molecular weight excluding hydrogens is 695 g/mol. The van der Waals surface area contributed by atoms with Crippen LogP contribution in [0, 0.1) is 35.9 Å². The number of hydrogen-bond donors (Lipinski definition) is 3. The Morgan fingerprint density at radius 2 is 1.65 bits per heavy atom. The number of likely N-dealkylation sites (N-methyl/N-ethyl adjacent to an activating group) is 2. The van der Waals surface area contributed by atoms with Gasteiger partial charge < -0.3 is 40.1 Å². The topological polar surface area (TPSA) is 154 Å². The lowest BCUT2D eigenvalue weighted by atomic mass is 9.93. The Kier molecular flexibility index (Phi) is 18.7. The van der Waals surface area contributed by atoms with Crippen molar-refractivity contribution in [3.05, 3.63) is 35.1 Å². The molecule has 1 fully saturated rings. The molecule has 1 heterocycles. The lowest BCUT2D eigenvalue weighted by Crippen LogP contribution is -2.58. The molecule has 1 unspecified atom stereocenters. The maximum Gasteiger partial charge on any atom is 0.245 e. The van der Waals surface area contributed by atoms with Gasteiger partial charge in [0.15, 0.2) is 0 Å². The molecule has 1 aromatic carbocycles. The Morgan fingerprint density at radius 3 is 2.15 bits per heavy atom. The molecule has 14 heteroatoms. The van der Waals surface area contributed by atoms with Crippen LogP contribution in [0.4, 0.5) is 4.39 Å². The van der Waals surface area contributed by atoms with Gasteiger partial charge in [0.1, 0.15) is 11.9 Å². The number of nitrogens with one attached hydrogen (secondary N) is 3. The molecule has 0 aromatic heterocycles. The molecule has 0 spiro atoms. The van der Waals surface area contributed by atoms with Crippen molar-refractivity contribution in [1.82, 2.24) is 25.3 Å². The first-order valence-electron chi connectivity index (χ1n) is 19.1. The van der Waals surface area contributed by atoms with Gasteiger partial charge in [-0.1, -0.05) is 48.0 Å². The quantitative estimate of drug-likeness (QED) is 0.161. The summed E-state index contributed by atoms with van der Waals surface area (Å²) < 4.78 is 31.2.